The van der Waals surface area contributed by atoms with Crippen LogP contribution in [0.25, 0.3) is 10.9 Å². The standard InChI is InChI=1S/C17H14Cl2N2O/c1-10-7-14(19)15(8-13(10)18)20-17(22)12-9-21(2)16-6-4-3-5-11(12)16/h3-9H,1-2H3,(H,20,22). The molecular formula is C17H14Cl2N2O. The molecule has 0 aliphatic carbocycles. The van der Waals surface area contributed by atoms with E-state index in [1.807, 2.05) is 49.0 Å². The zero-order valence-electron chi connectivity index (χ0n) is 12.2. The van der Waals surface area contributed by atoms with Gasteiger partial charge >= 0.3 is 0 Å². The highest BCUT2D eigenvalue weighted by atomic mass is 35.5. The van der Waals surface area contributed by atoms with Gasteiger partial charge in [0.2, 0.25) is 0 Å². The zero-order chi connectivity index (χ0) is 15.9. The number of hydrogen-bond acceptors (Lipinski definition) is 1. The van der Waals surface area contributed by atoms with E-state index < -0.39 is 0 Å². The molecule has 0 unspecified atom stereocenters. The van der Waals surface area contributed by atoms with Gasteiger partial charge in [-0.05, 0) is 30.7 Å². The lowest BCUT2D eigenvalue weighted by molar-refractivity contribution is 0.102. The normalized spacial score (nSPS) is 10.9. The monoisotopic (exact) mass is 332 g/mol. The molecule has 0 saturated heterocycles. The molecule has 1 amide bonds. The smallest absolute Gasteiger partial charge is 0.257 e. The van der Waals surface area contributed by atoms with E-state index in [0.717, 1.165) is 16.5 Å². The van der Waals surface area contributed by atoms with Gasteiger partial charge in [-0.15, -0.1) is 0 Å². The van der Waals surface area contributed by atoms with Crippen LogP contribution in [0.5, 0.6) is 0 Å². The highest BCUT2D eigenvalue weighted by Gasteiger charge is 2.15. The lowest BCUT2D eigenvalue weighted by atomic mass is 10.1. The first kappa shape index (κ1) is 14.9. The van der Waals surface area contributed by atoms with Gasteiger partial charge in [-0.1, -0.05) is 41.4 Å². The number of hydrogen-bond donors (Lipinski definition) is 1. The summed E-state index contributed by atoms with van der Waals surface area (Å²) in [6.45, 7) is 1.87. The number of halogens is 2. The predicted octanol–water partition coefficient (Wildman–Crippen LogP) is 5.05. The average Bonchev–Trinajstić information content (AvgIpc) is 2.83. The first-order valence-electron chi connectivity index (χ1n) is 6.78. The van der Waals surface area contributed by atoms with Crippen molar-refractivity contribution < 1.29 is 4.79 Å². The summed E-state index contributed by atoms with van der Waals surface area (Å²) < 4.78 is 1.92. The minimum absolute atomic E-state index is 0.210. The Morgan fingerprint density at radius 3 is 2.64 bits per heavy atom. The number of fused-ring (bicyclic) bond motifs is 1. The second-order valence-electron chi connectivity index (χ2n) is 5.21. The quantitative estimate of drug-likeness (QED) is 0.700. The van der Waals surface area contributed by atoms with Crippen LogP contribution in [0.4, 0.5) is 5.69 Å². The van der Waals surface area contributed by atoms with E-state index in [1.54, 1.807) is 12.1 Å². The highest BCUT2D eigenvalue weighted by Crippen LogP contribution is 2.30. The molecule has 1 aromatic heterocycles. The maximum atomic E-state index is 12.6. The fourth-order valence-electron chi connectivity index (χ4n) is 2.45. The van der Waals surface area contributed by atoms with Crippen LogP contribution >= 0.6 is 23.2 Å². The van der Waals surface area contributed by atoms with E-state index in [9.17, 15) is 4.79 Å². The van der Waals surface area contributed by atoms with Crippen LogP contribution < -0.4 is 5.32 Å². The van der Waals surface area contributed by atoms with Crippen molar-refractivity contribution in [1.82, 2.24) is 4.57 Å². The number of aryl methyl sites for hydroxylation is 2. The molecular weight excluding hydrogens is 319 g/mol. The van der Waals surface area contributed by atoms with Crippen LogP contribution in [0.15, 0.2) is 42.6 Å². The summed E-state index contributed by atoms with van der Waals surface area (Å²) in [6.07, 6.45) is 1.81. The molecule has 0 atom stereocenters. The number of aromatic nitrogens is 1. The van der Waals surface area contributed by atoms with E-state index in [1.165, 1.54) is 0 Å². The number of rotatable bonds is 2. The number of amides is 1. The summed E-state index contributed by atoms with van der Waals surface area (Å²) >= 11 is 12.3. The molecule has 3 aromatic rings. The highest BCUT2D eigenvalue weighted by molar-refractivity contribution is 6.36. The fraction of sp³-hybridized carbons (Fsp3) is 0.118. The van der Waals surface area contributed by atoms with Crippen molar-refractivity contribution in [2.75, 3.05) is 5.32 Å². The summed E-state index contributed by atoms with van der Waals surface area (Å²) in [5.74, 6) is -0.210. The Morgan fingerprint density at radius 2 is 1.86 bits per heavy atom. The Labute approximate surface area is 138 Å². The molecule has 3 nitrogen and oxygen atoms in total. The minimum Gasteiger partial charge on any atom is -0.350 e. The van der Waals surface area contributed by atoms with Gasteiger partial charge in [0.1, 0.15) is 0 Å². The number of nitrogens with one attached hydrogen (secondary N) is 1. The van der Waals surface area contributed by atoms with Crippen molar-refractivity contribution in [2.45, 2.75) is 6.92 Å². The van der Waals surface area contributed by atoms with Crippen LogP contribution in [-0.4, -0.2) is 10.5 Å². The average molecular weight is 333 g/mol. The predicted molar refractivity (Wildman–Crippen MR) is 92.1 cm³/mol. The SMILES string of the molecule is Cc1cc(Cl)c(NC(=O)c2cn(C)c3ccccc23)cc1Cl. The zero-order valence-corrected chi connectivity index (χ0v) is 13.7. The Balaban J connectivity index is 1.99. The third-order valence-electron chi connectivity index (χ3n) is 3.64. The lowest BCUT2D eigenvalue weighted by Gasteiger charge is -2.09. The van der Waals surface area contributed by atoms with Gasteiger partial charge in [-0.2, -0.15) is 0 Å². The largest absolute Gasteiger partial charge is 0.350 e. The van der Waals surface area contributed by atoms with Crippen LogP contribution in [0.3, 0.4) is 0 Å². The molecule has 112 valence electrons. The van der Waals surface area contributed by atoms with E-state index in [2.05, 4.69) is 5.32 Å². The second-order valence-corrected chi connectivity index (χ2v) is 6.02. The number of para-hydroxylation sites is 1. The molecule has 0 aliphatic heterocycles. The molecule has 5 heteroatoms. The summed E-state index contributed by atoms with van der Waals surface area (Å²) in [4.78, 5) is 12.6. The van der Waals surface area contributed by atoms with Gasteiger partial charge in [0.05, 0.1) is 16.3 Å². The number of nitrogens with zero attached hydrogens (tertiary/aromatic N) is 1. The van der Waals surface area contributed by atoms with Crippen LogP contribution in [0, 0.1) is 6.92 Å². The van der Waals surface area contributed by atoms with Gasteiger partial charge < -0.3 is 9.88 Å². The minimum atomic E-state index is -0.210. The van der Waals surface area contributed by atoms with Gasteiger partial charge in [0, 0.05) is 29.2 Å². The molecule has 0 spiro atoms. The molecule has 0 bridgehead atoms. The molecule has 0 saturated carbocycles. The molecule has 1 N–H and O–H groups in total. The summed E-state index contributed by atoms with van der Waals surface area (Å²) in [5, 5.41) is 4.77. The van der Waals surface area contributed by atoms with E-state index in [0.29, 0.717) is 21.3 Å². The topological polar surface area (TPSA) is 34.0 Å². The molecule has 1 heterocycles. The van der Waals surface area contributed by atoms with Crippen LogP contribution in [0.2, 0.25) is 10.0 Å². The van der Waals surface area contributed by atoms with Crippen molar-refractivity contribution in [3.63, 3.8) is 0 Å². The van der Waals surface area contributed by atoms with E-state index in [4.69, 9.17) is 23.2 Å². The molecule has 3 rings (SSSR count). The second kappa shape index (κ2) is 5.67. The molecule has 0 radical (unpaired) electrons. The maximum Gasteiger partial charge on any atom is 0.257 e. The van der Waals surface area contributed by atoms with Crippen molar-refractivity contribution in [1.29, 1.82) is 0 Å². The lowest BCUT2D eigenvalue weighted by Crippen LogP contribution is -2.12. The molecule has 0 fully saturated rings. The molecule has 22 heavy (non-hydrogen) atoms. The summed E-state index contributed by atoms with van der Waals surface area (Å²) in [5.41, 5.74) is 2.98. The maximum absolute atomic E-state index is 12.6. The summed E-state index contributed by atoms with van der Waals surface area (Å²) in [7, 11) is 1.91. The van der Waals surface area contributed by atoms with E-state index in [-0.39, 0.29) is 5.91 Å². The third-order valence-corrected chi connectivity index (χ3v) is 4.36. The van der Waals surface area contributed by atoms with Crippen molar-refractivity contribution in [3.05, 3.63) is 63.8 Å². The summed E-state index contributed by atoms with van der Waals surface area (Å²) in [6, 6.07) is 11.2. The van der Waals surface area contributed by atoms with E-state index >= 15 is 0 Å². The molecule has 0 aliphatic rings. The first-order chi connectivity index (χ1) is 10.5. The Morgan fingerprint density at radius 1 is 1.14 bits per heavy atom. The van der Waals surface area contributed by atoms with Crippen molar-refractivity contribution in [2.24, 2.45) is 7.05 Å². The Kier molecular flexibility index (Phi) is 3.85. The van der Waals surface area contributed by atoms with Crippen molar-refractivity contribution in [3.8, 4) is 0 Å². The Hall–Kier alpha value is -1.97. The molecule has 2 aromatic carbocycles. The van der Waals surface area contributed by atoms with Gasteiger partial charge in [-0.3, -0.25) is 4.79 Å². The third kappa shape index (κ3) is 2.58. The van der Waals surface area contributed by atoms with Crippen LogP contribution in [-0.2, 0) is 7.05 Å². The van der Waals surface area contributed by atoms with Crippen molar-refractivity contribution >= 4 is 45.7 Å². The Bertz CT molecular complexity index is 884. The number of carbonyl (C=O) groups excluding carboxylic acids is 1. The fourth-order valence-corrected chi connectivity index (χ4v) is 2.88. The number of anilines is 1. The number of benzene rings is 2. The van der Waals surface area contributed by atoms with Gasteiger partial charge in [-0.25, -0.2) is 0 Å². The van der Waals surface area contributed by atoms with Gasteiger partial charge in [0.15, 0.2) is 0 Å². The number of carbonyl (C=O) groups is 1. The van der Waals surface area contributed by atoms with Gasteiger partial charge in [0.25, 0.3) is 5.91 Å². The first-order valence-corrected chi connectivity index (χ1v) is 7.54. The van der Waals surface area contributed by atoms with Crippen LogP contribution in [0.1, 0.15) is 15.9 Å².